The molecule has 2 N–H and O–H groups in total. The van der Waals surface area contributed by atoms with Gasteiger partial charge in [-0.2, -0.15) is 0 Å². The summed E-state index contributed by atoms with van der Waals surface area (Å²) in [6.45, 7) is 6.90. The van der Waals surface area contributed by atoms with Gasteiger partial charge in [0, 0.05) is 6.54 Å². The highest BCUT2D eigenvalue weighted by atomic mass is 79.9. The van der Waals surface area contributed by atoms with Crippen LogP contribution in [0.5, 0.6) is 0 Å². The number of esters is 1. The number of carbonyl (C=O) groups excluding carboxylic acids is 1. The Morgan fingerprint density at radius 2 is 2.00 bits per heavy atom. The van der Waals surface area contributed by atoms with Crippen LogP contribution in [0.25, 0.3) is 0 Å². The summed E-state index contributed by atoms with van der Waals surface area (Å²) in [5, 5.41) is 12.0. The van der Waals surface area contributed by atoms with Crippen molar-refractivity contribution in [2.45, 2.75) is 45.9 Å². The molecule has 0 aliphatic heterocycles. The van der Waals surface area contributed by atoms with Crippen LogP contribution >= 0.6 is 15.9 Å². The summed E-state index contributed by atoms with van der Waals surface area (Å²) >= 11 is 2.95. The van der Waals surface area contributed by atoms with Crippen LogP contribution in [0, 0.1) is 5.82 Å². The minimum Gasteiger partial charge on any atom is -0.478 e. The van der Waals surface area contributed by atoms with Gasteiger partial charge in [0.15, 0.2) is 5.82 Å². The standard InChI is InChI=1S/C15H19BrFNO4/c1-8(14(21)22-15(2,3)4)18-7-9-5-6-10(16)12(17)11(9)13(19)20/h5-6,8,18H,7H2,1-4H3,(H,19,20). The van der Waals surface area contributed by atoms with Gasteiger partial charge in [-0.1, -0.05) is 6.07 Å². The average molecular weight is 376 g/mol. The van der Waals surface area contributed by atoms with Crippen LogP contribution in [0.3, 0.4) is 0 Å². The quantitative estimate of drug-likeness (QED) is 0.773. The Balaban J connectivity index is 2.83. The first kappa shape index (κ1) is 18.6. The van der Waals surface area contributed by atoms with Crippen molar-refractivity contribution in [3.8, 4) is 0 Å². The van der Waals surface area contributed by atoms with E-state index in [1.54, 1.807) is 27.7 Å². The largest absolute Gasteiger partial charge is 0.478 e. The molecular weight excluding hydrogens is 357 g/mol. The molecule has 0 bridgehead atoms. The number of rotatable bonds is 5. The van der Waals surface area contributed by atoms with E-state index in [0.717, 1.165) is 0 Å². The monoisotopic (exact) mass is 375 g/mol. The second kappa shape index (κ2) is 7.19. The van der Waals surface area contributed by atoms with Crippen molar-refractivity contribution < 1.29 is 23.8 Å². The van der Waals surface area contributed by atoms with Crippen LogP contribution in [0.1, 0.15) is 43.6 Å². The van der Waals surface area contributed by atoms with E-state index in [1.807, 2.05) is 0 Å². The highest BCUT2D eigenvalue weighted by molar-refractivity contribution is 9.10. The molecule has 0 amide bonds. The smallest absolute Gasteiger partial charge is 0.339 e. The van der Waals surface area contributed by atoms with Crippen LogP contribution < -0.4 is 5.32 Å². The summed E-state index contributed by atoms with van der Waals surface area (Å²) in [5.41, 5.74) is -0.773. The fraction of sp³-hybridized carbons (Fsp3) is 0.467. The van der Waals surface area contributed by atoms with E-state index in [4.69, 9.17) is 9.84 Å². The number of carbonyl (C=O) groups is 2. The number of aromatic carboxylic acids is 1. The summed E-state index contributed by atoms with van der Waals surface area (Å²) in [4.78, 5) is 23.0. The summed E-state index contributed by atoms with van der Waals surface area (Å²) < 4.78 is 19.2. The summed E-state index contributed by atoms with van der Waals surface area (Å²) in [7, 11) is 0. The topological polar surface area (TPSA) is 75.6 Å². The molecule has 1 unspecified atom stereocenters. The fourth-order valence-electron chi connectivity index (χ4n) is 1.71. The zero-order chi connectivity index (χ0) is 17.1. The van der Waals surface area contributed by atoms with Crippen molar-refractivity contribution in [1.29, 1.82) is 0 Å². The van der Waals surface area contributed by atoms with Crippen LogP contribution in [-0.2, 0) is 16.1 Å². The van der Waals surface area contributed by atoms with Gasteiger partial charge < -0.3 is 15.2 Å². The lowest BCUT2D eigenvalue weighted by molar-refractivity contribution is -0.157. The number of carboxylic acid groups (broad SMARTS) is 1. The molecule has 0 radical (unpaired) electrons. The number of hydrogen-bond donors (Lipinski definition) is 2. The van der Waals surface area contributed by atoms with E-state index in [1.165, 1.54) is 12.1 Å². The lowest BCUT2D eigenvalue weighted by Crippen LogP contribution is -2.39. The van der Waals surface area contributed by atoms with E-state index in [0.29, 0.717) is 0 Å². The predicted molar refractivity (Wildman–Crippen MR) is 83.2 cm³/mol. The maximum absolute atomic E-state index is 13.9. The molecule has 7 heteroatoms. The lowest BCUT2D eigenvalue weighted by atomic mass is 10.1. The van der Waals surface area contributed by atoms with Crippen molar-refractivity contribution >= 4 is 27.9 Å². The van der Waals surface area contributed by atoms with Crippen LogP contribution in [0.2, 0.25) is 0 Å². The lowest BCUT2D eigenvalue weighted by Gasteiger charge is -2.23. The maximum Gasteiger partial charge on any atom is 0.339 e. The Morgan fingerprint density at radius 1 is 1.41 bits per heavy atom. The molecule has 1 aromatic rings. The third-order valence-corrected chi connectivity index (χ3v) is 3.37. The number of ether oxygens (including phenoxy) is 1. The number of benzene rings is 1. The SMILES string of the molecule is CC(NCc1ccc(Br)c(F)c1C(=O)O)C(=O)OC(C)(C)C. The van der Waals surface area contributed by atoms with E-state index in [2.05, 4.69) is 21.2 Å². The Labute approximate surface area is 137 Å². The molecule has 0 heterocycles. The first-order chi connectivity index (χ1) is 10.0. The molecule has 0 aromatic heterocycles. The van der Waals surface area contributed by atoms with Crippen molar-refractivity contribution in [3.05, 3.63) is 33.5 Å². The Hall–Kier alpha value is -1.47. The first-order valence-electron chi connectivity index (χ1n) is 6.69. The Kier molecular flexibility index (Phi) is 6.08. The first-order valence-corrected chi connectivity index (χ1v) is 7.48. The highest BCUT2D eigenvalue weighted by Gasteiger charge is 2.23. The molecular formula is C15H19BrFNO4. The molecule has 22 heavy (non-hydrogen) atoms. The second-order valence-corrected chi connectivity index (χ2v) is 6.69. The molecule has 0 saturated carbocycles. The van der Waals surface area contributed by atoms with Crippen LogP contribution in [0.15, 0.2) is 16.6 Å². The minimum atomic E-state index is -1.36. The highest BCUT2D eigenvalue weighted by Crippen LogP contribution is 2.22. The molecule has 5 nitrogen and oxygen atoms in total. The van der Waals surface area contributed by atoms with Gasteiger partial charge in [-0.3, -0.25) is 4.79 Å². The van der Waals surface area contributed by atoms with Crippen LogP contribution in [-0.4, -0.2) is 28.7 Å². The van der Waals surface area contributed by atoms with Gasteiger partial charge in [0.25, 0.3) is 0 Å². The number of nitrogens with one attached hydrogen (secondary N) is 1. The molecule has 0 aliphatic rings. The average Bonchev–Trinajstić information content (AvgIpc) is 2.37. The Bertz CT molecular complexity index is 584. The fourth-order valence-corrected chi connectivity index (χ4v) is 2.04. The molecule has 0 aliphatic carbocycles. The van der Waals surface area contributed by atoms with Crippen molar-refractivity contribution in [2.24, 2.45) is 0 Å². The molecule has 122 valence electrons. The normalized spacial score (nSPS) is 12.8. The van der Waals surface area contributed by atoms with Crippen molar-refractivity contribution in [1.82, 2.24) is 5.32 Å². The zero-order valence-electron chi connectivity index (χ0n) is 12.9. The zero-order valence-corrected chi connectivity index (χ0v) is 14.5. The predicted octanol–water partition coefficient (Wildman–Crippen LogP) is 3.11. The van der Waals surface area contributed by atoms with Gasteiger partial charge in [0.05, 0.1) is 4.47 Å². The summed E-state index contributed by atoms with van der Waals surface area (Å²) in [6.07, 6.45) is 0. The second-order valence-electron chi connectivity index (χ2n) is 5.84. The number of hydrogen-bond acceptors (Lipinski definition) is 4. The van der Waals surface area contributed by atoms with E-state index in [9.17, 15) is 14.0 Å². The van der Waals surface area contributed by atoms with E-state index < -0.39 is 35.0 Å². The number of carboxylic acids is 1. The summed E-state index contributed by atoms with van der Waals surface area (Å²) in [6, 6.07) is 2.27. The molecule has 0 spiro atoms. The molecule has 1 atom stereocenters. The summed E-state index contributed by atoms with van der Waals surface area (Å²) in [5.74, 6) is -2.65. The Morgan fingerprint density at radius 3 is 2.50 bits per heavy atom. The van der Waals surface area contributed by atoms with Gasteiger partial charge in [-0.05, 0) is 55.3 Å². The van der Waals surface area contributed by atoms with Gasteiger partial charge in [0.1, 0.15) is 17.2 Å². The third-order valence-electron chi connectivity index (χ3n) is 2.75. The molecule has 0 fully saturated rings. The minimum absolute atomic E-state index is 0.0340. The van der Waals surface area contributed by atoms with E-state index in [-0.39, 0.29) is 16.6 Å². The van der Waals surface area contributed by atoms with Gasteiger partial charge >= 0.3 is 11.9 Å². The third kappa shape index (κ3) is 5.06. The van der Waals surface area contributed by atoms with Gasteiger partial charge in [-0.25, -0.2) is 9.18 Å². The van der Waals surface area contributed by atoms with Gasteiger partial charge in [-0.15, -0.1) is 0 Å². The van der Waals surface area contributed by atoms with Crippen molar-refractivity contribution in [3.63, 3.8) is 0 Å². The van der Waals surface area contributed by atoms with Gasteiger partial charge in [0.2, 0.25) is 0 Å². The van der Waals surface area contributed by atoms with E-state index >= 15 is 0 Å². The van der Waals surface area contributed by atoms with Crippen LogP contribution in [0.4, 0.5) is 4.39 Å². The maximum atomic E-state index is 13.9. The molecule has 1 aromatic carbocycles. The molecule has 1 rings (SSSR count). The van der Waals surface area contributed by atoms with Crippen molar-refractivity contribution in [2.75, 3.05) is 0 Å². The molecule has 0 saturated heterocycles. The number of halogens is 2.